The van der Waals surface area contributed by atoms with E-state index < -0.39 is 12.0 Å². The van der Waals surface area contributed by atoms with Crippen molar-refractivity contribution in [2.45, 2.75) is 32.9 Å². The fourth-order valence-electron chi connectivity index (χ4n) is 1.61. The van der Waals surface area contributed by atoms with Crippen molar-refractivity contribution < 1.29 is 9.53 Å². The van der Waals surface area contributed by atoms with Gasteiger partial charge in [0.25, 0.3) is 11.9 Å². The predicted molar refractivity (Wildman–Crippen MR) is 83.3 cm³/mol. The number of nitrogens with zero attached hydrogens (tertiary/aromatic N) is 4. The monoisotopic (exact) mass is 343 g/mol. The Bertz CT molecular complexity index is 662. The summed E-state index contributed by atoms with van der Waals surface area (Å²) in [5, 5.41) is 14.9. The van der Waals surface area contributed by atoms with Crippen molar-refractivity contribution in [2.24, 2.45) is 0 Å². The Balaban J connectivity index is 1.96. The molecule has 1 heterocycles. The number of tetrazole rings is 1. The molecule has 1 atom stereocenters. The summed E-state index contributed by atoms with van der Waals surface area (Å²) in [7, 11) is 0. The lowest BCUT2D eigenvalue weighted by Crippen LogP contribution is -2.30. The number of aromatic nitrogens is 4. The summed E-state index contributed by atoms with van der Waals surface area (Å²) < 4.78 is 5.50. The molecule has 0 radical (unpaired) electrons. The molecule has 1 N–H and O–H groups in total. The van der Waals surface area contributed by atoms with E-state index in [-0.39, 0.29) is 5.95 Å². The van der Waals surface area contributed by atoms with Crippen LogP contribution in [0.5, 0.6) is 5.75 Å². The summed E-state index contributed by atoms with van der Waals surface area (Å²) in [5.41, 5.74) is 0. The number of anilines is 1. The third-order valence-corrected chi connectivity index (χ3v) is 3.21. The van der Waals surface area contributed by atoms with Crippen molar-refractivity contribution in [3.05, 3.63) is 28.2 Å². The van der Waals surface area contributed by atoms with E-state index in [1.807, 2.05) is 6.92 Å². The average molecular weight is 344 g/mol. The molecule has 118 valence electrons. The van der Waals surface area contributed by atoms with Crippen molar-refractivity contribution in [2.75, 3.05) is 5.32 Å². The van der Waals surface area contributed by atoms with Gasteiger partial charge in [-0.3, -0.25) is 10.1 Å². The first kappa shape index (κ1) is 16.5. The topological polar surface area (TPSA) is 81.9 Å². The van der Waals surface area contributed by atoms with Crippen molar-refractivity contribution in [3.63, 3.8) is 0 Å². The van der Waals surface area contributed by atoms with Gasteiger partial charge in [0, 0.05) is 5.02 Å². The van der Waals surface area contributed by atoms with E-state index in [1.165, 1.54) is 4.80 Å². The fourth-order valence-corrected chi connectivity index (χ4v) is 2.07. The number of rotatable bonds is 6. The molecule has 0 bridgehead atoms. The van der Waals surface area contributed by atoms with Crippen LogP contribution in [0, 0.1) is 0 Å². The molecule has 1 aromatic carbocycles. The number of benzene rings is 1. The molecular formula is C13H15Cl2N5O2. The molecule has 0 unspecified atom stereocenters. The summed E-state index contributed by atoms with van der Waals surface area (Å²) >= 11 is 11.8. The fraction of sp³-hybridized carbons (Fsp3) is 0.385. The molecule has 0 saturated heterocycles. The summed E-state index contributed by atoms with van der Waals surface area (Å²) in [6.45, 7) is 4.22. The van der Waals surface area contributed by atoms with Crippen molar-refractivity contribution in [3.8, 4) is 5.75 Å². The molecule has 7 nitrogen and oxygen atoms in total. The number of nitrogens with one attached hydrogen (secondary N) is 1. The second-order valence-electron chi connectivity index (χ2n) is 4.53. The second kappa shape index (κ2) is 7.42. The highest BCUT2D eigenvalue weighted by atomic mass is 35.5. The van der Waals surface area contributed by atoms with Crippen LogP contribution in [0.25, 0.3) is 0 Å². The Kier molecular flexibility index (Phi) is 5.57. The van der Waals surface area contributed by atoms with Gasteiger partial charge in [-0.2, -0.15) is 4.80 Å². The number of carbonyl (C=O) groups is 1. The Morgan fingerprint density at radius 3 is 2.91 bits per heavy atom. The Morgan fingerprint density at radius 2 is 2.23 bits per heavy atom. The smallest absolute Gasteiger partial charge is 0.270 e. The van der Waals surface area contributed by atoms with Crippen LogP contribution in [0.3, 0.4) is 0 Å². The van der Waals surface area contributed by atoms with E-state index in [4.69, 9.17) is 27.9 Å². The molecule has 2 aromatic rings. The Morgan fingerprint density at radius 1 is 1.45 bits per heavy atom. The average Bonchev–Trinajstić information content (AvgIpc) is 2.89. The van der Waals surface area contributed by atoms with Crippen molar-refractivity contribution >= 4 is 35.1 Å². The van der Waals surface area contributed by atoms with Crippen molar-refractivity contribution in [1.29, 1.82) is 0 Å². The van der Waals surface area contributed by atoms with Gasteiger partial charge in [0.2, 0.25) is 0 Å². The van der Waals surface area contributed by atoms with Crippen molar-refractivity contribution in [1.82, 2.24) is 20.2 Å². The minimum atomic E-state index is -0.781. The molecule has 0 fully saturated rings. The summed E-state index contributed by atoms with van der Waals surface area (Å²) in [4.78, 5) is 13.5. The quantitative estimate of drug-likeness (QED) is 0.871. The minimum absolute atomic E-state index is 0.135. The lowest BCUT2D eigenvalue weighted by Gasteiger charge is -2.14. The van der Waals surface area contributed by atoms with E-state index in [1.54, 1.807) is 25.1 Å². The highest BCUT2D eigenvalue weighted by Gasteiger charge is 2.18. The standard InChI is InChI=1S/C13H15Cl2N5O2/c1-3-6-20-18-13(17-19-20)16-12(21)8(2)22-11-5-4-9(14)7-10(11)15/h4-5,7-8H,3,6H2,1-2H3,(H,16,18,21)/t8-/m1/s1. The largest absolute Gasteiger partial charge is 0.479 e. The van der Waals surface area contributed by atoms with Crippen LogP contribution < -0.4 is 10.1 Å². The number of ether oxygens (including phenoxy) is 1. The van der Waals surface area contributed by atoms with Gasteiger partial charge in [-0.25, -0.2) is 0 Å². The zero-order valence-electron chi connectivity index (χ0n) is 12.1. The second-order valence-corrected chi connectivity index (χ2v) is 5.38. The van der Waals surface area contributed by atoms with E-state index in [2.05, 4.69) is 20.7 Å². The maximum Gasteiger partial charge on any atom is 0.270 e. The molecule has 0 aliphatic heterocycles. The van der Waals surface area contributed by atoms with Crippen LogP contribution in [0.4, 0.5) is 5.95 Å². The molecule has 0 spiro atoms. The molecule has 2 rings (SSSR count). The minimum Gasteiger partial charge on any atom is -0.479 e. The number of halogens is 2. The van der Waals surface area contributed by atoms with E-state index in [0.29, 0.717) is 22.3 Å². The highest BCUT2D eigenvalue weighted by molar-refractivity contribution is 6.35. The maximum atomic E-state index is 12.0. The first-order chi connectivity index (χ1) is 10.5. The summed E-state index contributed by atoms with van der Waals surface area (Å²) in [6.07, 6.45) is 0.0926. The maximum absolute atomic E-state index is 12.0. The first-order valence-electron chi connectivity index (χ1n) is 6.70. The number of hydrogen-bond donors (Lipinski definition) is 1. The van der Waals surface area contributed by atoms with Gasteiger partial charge >= 0.3 is 0 Å². The van der Waals surface area contributed by atoms with Crippen LogP contribution in [-0.2, 0) is 11.3 Å². The van der Waals surface area contributed by atoms with Gasteiger partial charge in [-0.05, 0) is 36.8 Å². The Hall–Kier alpha value is -1.86. The number of amides is 1. The van der Waals surface area contributed by atoms with Crippen LogP contribution >= 0.6 is 23.2 Å². The van der Waals surface area contributed by atoms with E-state index in [9.17, 15) is 4.79 Å². The van der Waals surface area contributed by atoms with Gasteiger partial charge in [-0.1, -0.05) is 35.2 Å². The molecule has 0 saturated carbocycles. The van der Waals surface area contributed by atoms with Gasteiger partial charge in [-0.15, -0.1) is 5.10 Å². The van der Waals surface area contributed by atoms with Gasteiger partial charge < -0.3 is 4.74 Å². The number of hydrogen-bond acceptors (Lipinski definition) is 5. The summed E-state index contributed by atoms with van der Waals surface area (Å²) in [5.74, 6) is 0.106. The number of carbonyl (C=O) groups excluding carboxylic acids is 1. The molecular weight excluding hydrogens is 329 g/mol. The number of aryl methyl sites for hydroxylation is 1. The zero-order valence-corrected chi connectivity index (χ0v) is 13.6. The third-order valence-electron chi connectivity index (χ3n) is 2.68. The molecule has 9 heteroatoms. The molecule has 22 heavy (non-hydrogen) atoms. The van der Waals surface area contributed by atoms with Crippen LogP contribution in [0.15, 0.2) is 18.2 Å². The SMILES string of the molecule is CCCn1nnc(NC(=O)[C@@H](C)Oc2ccc(Cl)cc2Cl)n1. The normalized spacial score (nSPS) is 12.0. The lowest BCUT2D eigenvalue weighted by atomic mass is 10.3. The van der Waals surface area contributed by atoms with Crippen LogP contribution in [0.1, 0.15) is 20.3 Å². The third kappa shape index (κ3) is 4.32. The van der Waals surface area contributed by atoms with Gasteiger partial charge in [0.05, 0.1) is 11.6 Å². The zero-order chi connectivity index (χ0) is 16.1. The van der Waals surface area contributed by atoms with E-state index >= 15 is 0 Å². The molecule has 1 amide bonds. The predicted octanol–water partition coefficient (Wildman–Crippen LogP) is 2.80. The van der Waals surface area contributed by atoms with Gasteiger partial charge in [0.1, 0.15) is 5.75 Å². The molecule has 0 aliphatic rings. The van der Waals surface area contributed by atoms with Gasteiger partial charge in [0.15, 0.2) is 6.10 Å². The lowest BCUT2D eigenvalue weighted by molar-refractivity contribution is -0.122. The molecule has 1 aromatic heterocycles. The first-order valence-corrected chi connectivity index (χ1v) is 7.45. The van der Waals surface area contributed by atoms with Crippen LogP contribution in [-0.4, -0.2) is 32.2 Å². The highest BCUT2D eigenvalue weighted by Crippen LogP contribution is 2.28. The van der Waals surface area contributed by atoms with E-state index in [0.717, 1.165) is 6.42 Å². The van der Waals surface area contributed by atoms with Crippen LogP contribution in [0.2, 0.25) is 10.0 Å². The Labute approximate surface area is 137 Å². The molecule has 0 aliphatic carbocycles. The summed E-state index contributed by atoms with van der Waals surface area (Å²) in [6, 6.07) is 4.77.